The van der Waals surface area contributed by atoms with E-state index in [1.54, 1.807) is 11.8 Å². The van der Waals surface area contributed by atoms with Crippen molar-refractivity contribution in [2.45, 2.75) is 4.90 Å². The van der Waals surface area contributed by atoms with Crippen LogP contribution < -0.4 is 5.32 Å². The molecule has 98 valence electrons. The van der Waals surface area contributed by atoms with Gasteiger partial charge >= 0.3 is 5.97 Å². The highest BCUT2D eigenvalue weighted by atomic mass is 35.5. The number of aromatic carboxylic acids is 1. The van der Waals surface area contributed by atoms with Crippen molar-refractivity contribution in [2.24, 2.45) is 0 Å². The van der Waals surface area contributed by atoms with E-state index >= 15 is 0 Å². The van der Waals surface area contributed by atoms with Crippen molar-refractivity contribution in [3.63, 3.8) is 0 Å². The molecule has 4 nitrogen and oxygen atoms in total. The van der Waals surface area contributed by atoms with E-state index < -0.39 is 5.97 Å². The second kappa shape index (κ2) is 5.95. The molecule has 0 saturated carbocycles. The molecule has 0 fully saturated rings. The number of thioether (sulfide) groups is 1. The number of nitrogens with zero attached hydrogens (tertiary/aromatic N) is 1. The molecule has 6 heteroatoms. The van der Waals surface area contributed by atoms with E-state index in [0.29, 0.717) is 5.82 Å². The molecule has 0 bridgehead atoms. The third-order valence-corrected chi connectivity index (χ3v) is 3.49. The quantitative estimate of drug-likeness (QED) is 0.837. The Morgan fingerprint density at radius 1 is 1.37 bits per heavy atom. The number of carbonyl (C=O) groups is 1. The van der Waals surface area contributed by atoms with Gasteiger partial charge in [0.1, 0.15) is 5.82 Å². The average molecular weight is 295 g/mol. The molecule has 0 radical (unpaired) electrons. The fourth-order valence-electron chi connectivity index (χ4n) is 1.49. The Morgan fingerprint density at radius 2 is 2.05 bits per heavy atom. The summed E-state index contributed by atoms with van der Waals surface area (Å²) >= 11 is 7.41. The highest BCUT2D eigenvalue weighted by Crippen LogP contribution is 2.22. The predicted molar refractivity (Wildman–Crippen MR) is 77.7 cm³/mol. The zero-order valence-corrected chi connectivity index (χ0v) is 11.6. The van der Waals surface area contributed by atoms with E-state index in [9.17, 15) is 4.79 Å². The van der Waals surface area contributed by atoms with E-state index in [-0.39, 0.29) is 10.6 Å². The van der Waals surface area contributed by atoms with Crippen LogP contribution in [0.1, 0.15) is 10.4 Å². The van der Waals surface area contributed by atoms with Crippen LogP contribution in [0.5, 0.6) is 0 Å². The Balaban J connectivity index is 2.22. The topological polar surface area (TPSA) is 62.2 Å². The molecule has 0 aliphatic heterocycles. The highest BCUT2D eigenvalue weighted by Gasteiger charge is 2.10. The van der Waals surface area contributed by atoms with Crippen molar-refractivity contribution in [1.29, 1.82) is 0 Å². The van der Waals surface area contributed by atoms with Gasteiger partial charge < -0.3 is 10.4 Å². The third-order valence-electron chi connectivity index (χ3n) is 2.45. The van der Waals surface area contributed by atoms with Gasteiger partial charge in [0.15, 0.2) is 0 Å². The summed E-state index contributed by atoms with van der Waals surface area (Å²) in [5.41, 5.74) is 0.865. The molecular weight excluding hydrogens is 284 g/mol. The number of carboxylic acid groups (broad SMARTS) is 1. The van der Waals surface area contributed by atoms with Crippen LogP contribution in [0, 0.1) is 0 Å². The summed E-state index contributed by atoms with van der Waals surface area (Å²) in [4.78, 5) is 16.2. The molecule has 0 unspecified atom stereocenters. The molecule has 0 aliphatic rings. The molecule has 0 spiro atoms. The SMILES string of the molecule is CSc1ccc(Nc2cc(C(=O)O)c(Cl)cn2)cc1. The maximum atomic E-state index is 11.0. The van der Waals surface area contributed by atoms with Crippen molar-refractivity contribution >= 4 is 40.8 Å². The van der Waals surface area contributed by atoms with E-state index in [1.807, 2.05) is 30.5 Å². The van der Waals surface area contributed by atoms with Gasteiger partial charge in [-0.2, -0.15) is 0 Å². The van der Waals surface area contributed by atoms with E-state index in [4.69, 9.17) is 16.7 Å². The monoisotopic (exact) mass is 294 g/mol. The number of aromatic nitrogens is 1. The number of nitrogens with one attached hydrogen (secondary N) is 1. The van der Waals surface area contributed by atoms with Gasteiger partial charge in [0.05, 0.1) is 10.6 Å². The zero-order chi connectivity index (χ0) is 13.8. The first-order chi connectivity index (χ1) is 9.10. The van der Waals surface area contributed by atoms with Gasteiger partial charge in [-0.25, -0.2) is 9.78 Å². The number of pyridine rings is 1. The molecule has 0 atom stereocenters. The Morgan fingerprint density at radius 3 is 2.63 bits per heavy atom. The first kappa shape index (κ1) is 13.7. The minimum absolute atomic E-state index is 0.0277. The average Bonchev–Trinajstić information content (AvgIpc) is 2.41. The third kappa shape index (κ3) is 3.39. The smallest absolute Gasteiger partial charge is 0.337 e. The van der Waals surface area contributed by atoms with Crippen LogP contribution in [0.4, 0.5) is 11.5 Å². The Bertz CT molecular complexity index is 602. The van der Waals surface area contributed by atoms with Gasteiger partial charge in [-0.3, -0.25) is 0 Å². The number of hydrogen-bond donors (Lipinski definition) is 2. The number of benzene rings is 1. The summed E-state index contributed by atoms with van der Waals surface area (Å²) < 4.78 is 0. The first-order valence-electron chi connectivity index (χ1n) is 5.40. The molecule has 19 heavy (non-hydrogen) atoms. The van der Waals surface area contributed by atoms with Crippen LogP contribution in [0.15, 0.2) is 41.4 Å². The van der Waals surface area contributed by atoms with Crippen LogP contribution in [0.2, 0.25) is 5.02 Å². The van der Waals surface area contributed by atoms with Crippen LogP contribution in [0.3, 0.4) is 0 Å². The number of hydrogen-bond acceptors (Lipinski definition) is 4. The van der Waals surface area contributed by atoms with Gasteiger partial charge in [0.25, 0.3) is 0 Å². The van der Waals surface area contributed by atoms with Gasteiger partial charge in [-0.1, -0.05) is 11.6 Å². The molecular formula is C13H11ClN2O2S. The second-order valence-electron chi connectivity index (χ2n) is 3.71. The normalized spacial score (nSPS) is 10.2. The maximum Gasteiger partial charge on any atom is 0.337 e. The lowest BCUT2D eigenvalue weighted by atomic mass is 10.2. The molecule has 2 rings (SSSR count). The van der Waals surface area contributed by atoms with Crippen LogP contribution >= 0.6 is 23.4 Å². The Kier molecular flexibility index (Phi) is 4.29. The number of halogens is 1. The Hall–Kier alpha value is -1.72. The Labute approximate surface area is 119 Å². The van der Waals surface area contributed by atoms with Gasteiger partial charge in [0, 0.05) is 16.8 Å². The van der Waals surface area contributed by atoms with E-state index in [2.05, 4.69) is 10.3 Å². The van der Waals surface area contributed by atoms with E-state index in [1.165, 1.54) is 12.3 Å². The molecule has 1 heterocycles. The van der Waals surface area contributed by atoms with Crippen LogP contribution in [-0.2, 0) is 0 Å². The minimum atomic E-state index is -1.08. The second-order valence-corrected chi connectivity index (χ2v) is 4.99. The predicted octanol–water partition coefficient (Wildman–Crippen LogP) is 3.90. The van der Waals surface area contributed by atoms with Crippen LogP contribution in [0.25, 0.3) is 0 Å². The van der Waals surface area contributed by atoms with Gasteiger partial charge in [-0.05, 0) is 36.6 Å². The molecule has 1 aromatic carbocycles. The molecule has 1 aromatic heterocycles. The highest BCUT2D eigenvalue weighted by molar-refractivity contribution is 7.98. The summed E-state index contributed by atoms with van der Waals surface area (Å²) in [5, 5.41) is 12.1. The van der Waals surface area contributed by atoms with Gasteiger partial charge in [0.2, 0.25) is 0 Å². The largest absolute Gasteiger partial charge is 0.478 e. The van der Waals surface area contributed by atoms with Gasteiger partial charge in [-0.15, -0.1) is 11.8 Å². The van der Waals surface area contributed by atoms with Crippen molar-refractivity contribution in [3.05, 3.63) is 47.1 Å². The summed E-state index contributed by atoms with van der Waals surface area (Å²) in [6.07, 6.45) is 3.33. The molecule has 0 amide bonds. The summed E-state index contributed by atoms with van der Waals surface area (Å²) in [6.45, 7) is 0. The summed E-state index contributed by atoms with van der Waals surface area (Å²) in [5.74, 6) is -0.633. The summed E-state index contributed by atoms with van der Waals surface area (Å²) in [6, 6.07) is 9.17. The number of rotatable bonds is 4. The molecule has 2 N–H and O–H groups in total. The number of anilines is 2. The van der Waals surface area contributed by atoms with Crippen molar-refractivity contribution < 1.29 is 9.90 Å². The summed E-state index contributed by atoms with van der Waals surface area (Å²) in [7, 11) is 0. The fraction of sp³-hybridized carbons (Fsp3) is 0.0769. The fourth-order valence-corrected chi connectivity index (χ4v) is 2.09. The van der Waals surface area contributed by atoms with Crippen molar-refractivity contribution in [1.82, 2.24) is 4.98 Å². The van der Waals surface area contributed by atoms with Crippen molar-refractivity contribution in [2.75, 3.05) is 11.6 Å². The lowest BCUT2D eigenvalue weighted by Crippen LogP contribution is -2.01. The minimum Gasteiger partial charge on any atom is -0.478 e. The standard InChI is InChI=1S/C13H11ClN2O2S/c1-19-9-4-2-8(3-5-9)16-12-6-10(13(17)18)11(14)7-15-12/h2-7H,1H3,(H,15,16)(H,17,18). The first-order valence-corrected chi connectivity index (χ1v) is 7.00. The number of carboxylic acids is 1. The molecule has 2 aromatic rings. The zero-order valence-electron chi connectivity index (χ0n) is 10.1. The lowest BCUT2D eigenvalue weighted by molar-refractivity contribution is 0.0697. The van der Waals surface area contributed by atoms with Crippen molar-refractivity contribution in [3.8, 4) is 0 Å². The van der Waals surface area contributed by atoms with Crippen LogP contribution in [-0.4, -0.2) is 22.3 Å². The maximum absolute atomic E-state index is 11.0. The molecule has 0 aliphatic carbocycles. The molecule has 0 saturated heterocycles. The van der Waals surface area contributed by atoms with E-state index in [0.717, 1.165) is 10.6 Å². The lowest BCUT2D eigenvalue weighted by Gasteiger charge is -2.07.